The zero-order valence-electron chi connectivity index (χ0n) is 15.8. The lowest BCUT2D eigenvalue weighted by Gasteiger charge is -2.29. The van der Waals surface area contributed by atoms with E-state index in [1.54, 1.807) is 38.4 Å². The smallest absolute Gasteiger partial charge is 0.410 e. The first-order valence-electron chi connectivity index (χ1n) is 8.79. The number of para-hydroxylation sites is 1. The number of hydrogen-bond acceptors (Lipinski definition) is 6. The highest BCUT2D eigenvalue weighted by Gasteiger charge is 2.29. The molecule has 0 saturated carbocycles. The Morgan fingerprint density at radius 2 is 1.93 bits per heavy atom. The molecule has 2 aromatic rings. The Morgan fingerprint density at radius 1 is 1.19 bits per heavy atom. The number of fused-ring (bicyclic) bond motifs is 1. The number of anilines is 1. The van der Waals surface area contributed by atoms with E-state index in [0.717, 1.165) is 24.0 Å². The zero-order valence-corrected chi connectivity index (χ0v) is 15.8. The van der Waals surface area contributed by atoms with Crippen LogP contribution < -0.4 is 9.64 Å². The van der Waals surface area contributed by atoms with Crippen molar-refractivity contribution in [3.8, 4) is 5.75 Å². The number of carbonyl (C=O) groups is 1. The molecule has 2 heterocycles. The number of nitrogens with zero attached hydrogens (tertiary/aromatic N) is 2. The van der Waals surface area contributed by atoms with Crippen LogP contribution in [0.15, 0.2) is 36.4 Å². The van der Waals surface area contributed by atoms with Gasteiger partial charge in [0.25, 0.3) is 0 Å². The van der Waals surface area contributed by atoms with Gasteiger partial charge in [-0.1, -0.05) is 18.2 Å². The lowest BCUT2D eigenvalue weighted by molar-refractivity contribution is -0.109. The third-order valence-corrected chi connectivity index (χ3v) is 4.39. The summed E-state index contributed by atoms with van der Waals surface area (Å²) >= 11 is 0. The summed E-state index contributed by atoms with van der Waals surface area (Å²) in [5, 5.41) is 0. The van der Waals surface area contributed by atoms with Crippen molar-refractivity contribution in [3.63, 3.8) is 0 Å². The minimum Gasteiger partial charge on any atom is -0.410 e. The van der Waals surface area contributed by atoms with Crippen LogP contribution in [0.1, 0.15) is 29.5 Å². The van der Waals surface area contributed by atoms with Gasteiger partial charge < -0.3 is 18.9 Å². The van der Waals surface area contributed by atoms with Crippen LogP contribution in [-0.4, -0.2) is 39.0 Å². The molecule has 144 valence electrons. The van der Waals surface area contributed by atoms with Gasteiger partial charge in [0.15, 0.2) is 0 Å². The number of ether oxygens (including phenoxy) is 4. The Kier molecular flexibility index (Phi) is 6.39. The van der Waals surface area contributed by atoms with Crippen molar-refractivity contribution in [2.24, 2.45) is 0 Å². The summed E-state index contributed by atoms with van der Waals surface area (Å²) in [7, 11) is 4.72. The number of aryl methyl sites for hydroxylation is 1. The Morgan fingerprint density at radius 3 is 2.59 bits per heavy atom. The molecule has 27 heavy (non-hydrogen) atoms. The molecule has 1 aromatic carbocycles. The monoisotopic (exact) mass is 372 g/mol. The molecule has 0 atom stereocenters. The van der Waals surface area contributed by atoms with Gasteiger partial charge in [-0.05, 0) is 36.6 Å². The van der Waals surface area contributed by atoms with Crippen LogP contribution in [-0.2, 0) is 27.2 Å². The fraction of sp³-hybridized carbons (Fsp3) is 0.400. The summed E-state index contributed by atoms with van der Waals surface area (Å²) in [5.74, 6) is 1.08. The van der Waals surface area contributed by atoms with Crippen molar-refractivity contribution >= 4 is 11.9 Å². The van der Waals surface area contributed by atoms with Crippen LogP contribution in [0.5, 0.6) is 5.75 Å². The van der Waals surface area contributed by atoms with Gasteiger partial charge in [-0.3, -0.25) is 4.90 Å². The number of aromatic nitrogens is 1. The maximum absolute atomic E-state index is 12.7. The lowest BCUT2D eigenvalue weighted by Crippen LogP contribution is -2.38. The minimum absolute atomic E-state index is 0.382. The highest BCUT2D eigenvalue weighted by atomic mass is 16.7. The summed E-state index contributed by atoms with van der Waals surface area (Å²) in [4.78, 5) is 19.0. The number of pyridine rings is 1. The van der Waals surface area contributed by atoms with Crippen LogP contribution in [0.2, 0.25) is 0 Å². The van der Waals surface area contributed by atoms with E-state index in [1.165, 1.54) is 0 Å². The van der Waals surface area contributed by atoms with E-state index in [4.69, 9.17) is 23.9 Å². The van der Waals surface area contributed by atoms with Crippen LogP contribution in [0.3, 0.4) is 0 Å². The van der Waals surface area contributed by atoms with Crippen LogP contribution in [0.4, 0.5) is 10.6 Å². The Hall–Kier alpha value is -2.48. The van der Waals surface area contributed by atoms with E-state index >= 15 is 0 Å². The topological polar surface area (TPSA) is 70.1 Å². The van der Waals surface area contributed by atoms with Crippen LogP contribution in [0.25, 0.3) is 0 Å². The van der Waals surface area contributed by atoms with Crippen molar-refractivity contribution < 1.29 is 23.7 Å². The summed E-state index contributed by atoms with van der Waals surface area (Å²) in [6.07, 6.45) is 0.572. The van der Waals surface area contributed by atoms with Crippen LogP contribution >= 0.6 is 0 Å². The van der Waals surface area contributed by atoms with Gasteiger partial charge in [-0.15, -0.1) is 0 Å². The van der Waals surface area contributed by atoms with Gasteiger partial charge >= 0.3 is 6.09 Å². The van der Waals surface area contributed by atoms with Gasteiger partial charge in [0, 0.05) is 33.4 Å². The fourth-order valence-corrected chi connectivity index (χ4v) is 3.17. The normalized spacial score (nSPS) is 13.6. The average molecular weight is 372 g/mol. The second-order valence-electron chi connectivity index (χ2n) is 6.19. The van der Waals surface area contributed by atoms with E-state index in [0.29, 0.717) is 30.4 Å². The molecule has 0 saturated heterocycles. The minimum atomic E-state index is -0.644. The van der Waals surface area contributed by atoms with E-state index in [1.807, 2.05) is 24.3 Å². The van der Waals surface area contributed by atoms with Crippen molar-refractivity contribution in [2.75, 3.05) is 32.8 Å². The predicted molar refractivity (Wildman–Crippen MR) is 99.8 cm³/mol. The van der Waals surface area contributed by atoms with E-state index in [2.05, 4.69) is 0 Å². The molecule has 1 aliphatic rings. The van der Waals surface area contributed by atoms with Crippen LogP contribution in [0, 0.1) is 0 Å². The molecular weight excluding hydrogens is 348 g/mol. The van der Waals surface area contributed by atoms with Gasteiger partial charge in [0.2, 0.25) is 6.29 Å². The molecule has 0 bridgehead atoms. The van der Waals surface area contributed by atoms with Crippen molar-refractivity contribution in [1.29, 1.82) is 0 Å². The maximum atomic E-state index is 12.7. The summed E-state index contributed by atoms with van der Waals surface area (Å²) in [5.41, 5.74) is 2.45. The number of rotatable bonds is 6. The molecule has 0 aliphatic carbocycles. The van der Waals surface area contributed by atoms with Gasteiger partial charge in [-0.25, -0.2) is 9.78 Å². The number of benzene rings is 1. The summed E-state index contributed by atoms with van der Waals surface area (Å²) in [6.45, 7) is 0.923. The lowest BCUT2D eigenvalue weighted by atomic mass is 10.0. The first-order valence-corrected chi connectivity index (χ1v) is 8.79. The average Bonchev–Trinajstić information content (AvgIpc) is 2.69. The highest BCUT2D eigenvalue weighted by Crippen LogP contribution is 2.31. The Balaban J connectivity index is 1.95. The number of carbonyl (C=O) groups excluding carboxylic acids is 1. The molecule has 0 spiro atoms. The first kappa shape index (κ1) is 19.3. The molecule has 0 radical (unpaired) electrons. The quantitative estimate of drug-likeness (QED) is 0.723. The molecule has 0 N–H and O–H groups in total. The fourth-order valence-electron chi connectivity index (χ4n) is 3.17. The second-order valence-corrected chi connectivity index (χ2v) is 6.19. The van der Waals surface area contributed by atoms with Gasteiger partial charge in [0.1, 0.15) is 17.3 Å². The third-order valence-electron chi connectivity index (χ3n) is 4.39. The molecule has 0 unspecified atom stereocenters. The highest BCUT2D eigenvalue weighted by molar-refractivity contribution is 5.89. The first-order chi connectivity index (χ1) is 13.2. The SMILES string of the molecule is COCc1cc2c(nc1C(OC)OC)N(C(=O)Oc1ccccc1)CCC2. The number of amides is 1. The molecule has 3 rings (SSSR count). The largest absolute Gasteiger partial charge is 0.420 e. The van der Waals surface area contributed by atoms with E-state index in [9.17, 15) is 4.79 Å². The maximum Gasteiger partial charge on any atom is 0.420 e. The molecule has 7 heteroatoms. The molecule has 7 nitrogen and oxygen atoms in total. The van der Waals surface area contributed by atoms with E-state index in [-0.39, 0.29) is 0 Å². The Bertz CT molecular complexity index is 777. The molecule has 1 aliphatic heterocycles. The van der Waals surface area contributed by atoms with Gasteiger partial charge in [0.05, 0.1) is 6.61 Å². The van der Waals surface area contributed by atoms with Crippen molar-refractivity contribution in [2.45, 2.75) is 25.7 Å². The summed E-state index contributed by atoms with van der Waals surface area (Å²) < 4.78 is 21.6. The number of methoxy groups -OCH3 is 3. The van der Waals surface area contributed by atoms with Gasteiger partial charge in [-0.2, -0.15) is 0 Å². The third kappa shape index (κ3) is 4.27. The van der Waals surface area contributed by atoms with Crippen molar-refractivity contribution in [1.82, 2.24) is 4.98 Å². The Labute approximate surface area is 158 Å². The van der Waals surface area contributed by atoms with E-state index < -0.39 is 12.4 Å². The molecule has 1 aromatic heterocycles. The van der Waals surface area contributed by atoms with Crippen molar-refractivity contribution in [3.05, 3.63) is 53.2 Å². The molecular formula is C20H24N2O5. The zero-order chi connectivity index (χ0) is 19.2. The standard InChI is InChI=1S/C20H24N2O5/c1-24-13-15-12-14-8-7-11-22(18(14)21-17(15)19(25-2)26-3)20(23)27-16-9-5-4-6-10-16/h4-6,9-10,12,19H,7-8,11,13H2,1-3H3. The molecule has 1 amide bonds. The summed E-state index contributed by atoms with van der Waals surface area (Å²) in [6, 6.07) is 11.0. The molecule has 0 fully saturated rings. The number of hydrogen-bond donors (Lipinski definition) is 0. The second kappa shape index (κ2) is 8.94. The predicted octanol–water partition coefficient (Wildman–Crippen LogP) is 3.47.